The van der Waals surface area contributed by atoms with Crippen molar-refractivity contribution < 1.29 is 21.6 Å². The van der Waals surface area contributed by atoms with E-state index in [9.17, 15) is 16.8 Å². The Kier molecular flexibility index (Phi) is 5.58. The Hall–Kier alpha value is -1.86. The molecule has 0 amide bonds. The van der Waals surface area contributed by atoms with Crippen molar-refractivity contribution >= 4 is 19.7 Å². The topological polar surface area (TPSA) is 77.5 Å². The summed E-state index contributed by atoms with van der Waals surface area (Å²) in [5.74, 6) is 0.948. The maximum atomic E-state index is 12.1. The molecule has 5 nitrogen and oxygen atoms in total. The third kappa shape index (κ3) is 4.22. The van der Waals surface area contributed by atoms with Crippen LogP contribution < -0.4 is 4.74 Å². The number of benzene rings is 2. The van der Waals surface area contributed by atoms with Gasteiger partial charge >= 0.3 is 0 Å². The second-order valence-electron chi connectivity index (χ2n) is 6.23. The summed E-state index contributed by atoms with van der Waals surface area (Å²) < 4.78 is 54.0. The monoisotopic (exact) mass is 382 g/mol. The highest BCUT2D eigenvalue weighted by Gasteiger charge is 2.20. The Bertz CT molecular complexity index is 844. The lowest BCUT2D eigenvalue weighted by atomic mass is 10.3. The Morgan fingerprint density at radius 3 is 1.12 bits per heavy atom. The lowest BCUT2D eigenvalue weighted by Gasteiger charge is -2.11. The van der Waals surface area contributed by atoms with Crippen LogP contribution in [0.4, 0.5) is 0 Å². The highest BCUT2D eigenvalue weighted by Crippen LogP contribution is 2.26. The van der Waals surface area contributed by atoms with Gasteiger partial charge in [-0.2, -0.15) is 0 Å². The number of rotatable bonds is 6. The smallest absolute Gasteiger partial charge is 0.180 e. The van der Waals surface area contributed by atoms with Gasteiger partial charge < -0.3 is 4.74 Å². The molecule has 0 aromatic heterocycles. The highest BCUT2D eigenvalue weighted by atomic mass is 32.2. The van der Waals surface area contributed by atoms with Gasteiger partial charge in [-0.3, -0.25) is 0 Å². The molecule has 0 aliphatic carbocycles. The molecule has 0 aliphatic heterocycles. The van der Waals surface area contributed by atoms with E-state index < -0.39 is 30.2 Å². The van der Waals surface area contributed by atoms with Crippen LogP contribution in [-0.4, -0.2) is 27.3 Å². The normalized spacial score (nSPS) is 12.6. The van der Waals surface area contributed by atoms with Gasteiger partial charge in [0.2, 0.25) is 0 Å². The fourth-order valence-corrected chi connectivity index (χ4v) is 4.19. The average molecular weight is 383 g/mol. The van der Waals surface area contributed by atoms with E-state index in [2.05, 4.69) is 0 Å². The summed E-state index contributed by atoms with van der Waals surface area (Å²) in [6, 6.07) is 12.3. The minimum absolute atomic E-state index is 0.244. The summed E-state index contributed by atoms with van der Waals surface area (Å²) in [4.78, 5) is 0.487. The number of ether oxygens (including phenoxy) is 1. The summed E-state index contributed by atoms with van der Waals surface area (Å²) in [5, 5.41) is -0.982. The second-order valence-corrected chi connectivity index (χ2v) is 11.2. The van der Waals surface area contributed by atoms with Crippen LogP contribution in [0, 0.1) is 0 Å². The van der Waals surface area contributed by atoms with Crippen molar-refractivity contribution in [3.63, 3.8) is 0 Å². The molecule has 0 radical (unpaired) electrons. The second kappa shape index (κ2) is 7.17. The quantitative estimate of drug-likeness (QED) is 0.758. The summed E-state index contributed by atoms with van der Waals surface area (Å²) in [7, 11) is -6.64. The maximum Gasteiger partial charge on any atom is 0.180 e. The zero-order valence-electron chi connectivity index (χ0n) is 14.6. The van der Waals surface area contributed by atoms with Gasteiger partial charge in [-0.05, 0) is 76.2 Å². The number of hydrogen-bond acceptors (Lipinski definition) is 5. The van der Waals surface area contributed by atoms with Crippen molar-refractivity contribution in [2.45, 2.75) is 48.0 Å². The summed E-state index contributed by atoms with van der Waals surface area (Å²) in [6.45, 7) is 6.53. The van der Waals surface area contributed by atoms with Gasteiger partial charge in [0.15, 0.2) is 19.7 Å². The van der Waals surface area contributed by atoms with Gasteiger partial charge in [-0.25, -0.2) is 16.8 Å². The highest BCUT2D eigenvalue weighted by molar-refractivity contribution is 7.92. The van der Waals surface area contributed by atoms with Crippen molar-refractivity contribution in [2.24, 2.45) is 0 Å². The molecular weight excluding hydrogens is 360 g/mol. The van der Waals surface area contributed by atoms with Crippen LogP contribution in [-0.2, 0) is 19.7 Å². The first-order chi connectivity index (χ1) is 11.5. The van der Waals surface area contributed by atoms with Crippen LogP contribution in [0.5, 0.6) is 11.5 Å². The molecule has 0 unspecified atom stereocenters. The fraction of sp³-hybridized carbons (Fsp3) is 0.333. The molecule has 0 bridgehead atoms. The van der Waals surface area contributed by atoms with Crippen molar-refractivity contribution in [3.8, 4) is 11.5 Å². The summed E-state index contributed by atoms with van der Waals surface area (Å²) >= 11 is 0. The standard InChI is InChI=1S/C18H22O5S2/c1-13(2)24(19,20)17-9-5-15(6-10-17)23-16-7-11-18(12-8-16)25(21,22)14(3)4/h5-14H,1-4H3. The van der Waals surface area contributed by atoms with E-state index in [1.165, 1.54) is 24.3 Å². The van der Waals surface area contributed by atoms with E-state index in [1.807, 2.05) is 0 Å². The predicted octanol–water partition coefficient (Wildman–Crippen LogP) is 3.84. The fourth-order valence-electron chi connectivity index (χ4n) is 2.08. The number of sulfone groups is 2. The summed E-state index contributed by atoms with van der Waals surface area (Å²) in [5.41, 5.74) is 0. The molecule has 0 aliphatic rings. The molecule has 0 atom stereocenters. The van der Waals surface area contributed by atoms with E-state index in [1.54, 1.807) is 52.0 Å². The van der Waals surface area contributed by atoms with Crippen LogP contribution in [0.15, 0.2) is 58.3 Å². The van der Waals surface area contributed by atoms with Crippen molar-refractivity contribution in [3.05, 3.63) is 48.5 Å². The van der Waals surface area contributed by atoms with Gasteiger partial charge in [-0.15, -0.1) is 0 Å². The van der Waals surface area contributed by atoms with E-state index in [0.717, 1.165) is 0 Å². The molecule has 25 heavy (non-hydrogen) atoms. The molecule has 2 aromatic rings. The van der Waals surface area contributed by atoms with Gasteiger partial charge in [-0.1, -0.05) is 0 Å². The number of hydrogen-bond donors (Lipinski definition) is 0. The van der Waals surface area contributed by atoms with Crippen LogP contribution in [0.2, 0.25) is 0 Å². The Labute approximate surface area is 149 Å². The van der Waals surface area contributed by atoms with Crippen LogP contribution in [0.25, 0.3) is 0 Å². The van der Waals surface area contributed by atoms with Crippen molar-refractivity contribution in [1.29, 1.82) is 0 Å². The average Bonchev–Trinajstić information content (AvgIpc) is 2.55. The SMILES string of the molecule is CC(C)S(=O)(=O)c1ccc(Oc2ccc(S(=O)(=O)C(C)C)cc2)cc1. The Balaban J connectivity index is 2.18. The molecule has 0 N–H and O–H groups in total. The molecule has 2 aromatic carbocycles. The zero-order valence-corrected chi connectivity index (χ0v) is 16.3. The van der Waals surface area contributed by atoms with Gasteiger partial charge in [0, 0.05) is 0 Å². The van der Waals surface area contributed by atoms with Crippen LogP contribution >= 0.6 is 0 Å². The molecule has 0 heterocycles. The van der Waals surface area contributed by atoms with E-state index >= 15 is 0 Å². The maximum absolute atomic E-state index is 12.1. The van der Waals surface area contributed by atoms with Gasteiger partial charge in [0.05, 0.1) is 20.3 Å². The molecule has 136 valence electrons. The largest absolute Gasteiger partial charge is 0.457 e. The molecule has 0 spiro atoms. The lowest BCUT2D eigenvalue weighted by molar-refractivity contribution is 0.481. The molecular formula is C18H22O5S2. The first kappa shape index (κ1) is 19.5. The molecule has 0 saturated heterocycles. The molecule has 0 fully saturated rings. The molecule has 7 heteroatoms. The van der Waals surface area contributed by atoms with Gasteiger partial charge in [0.1, 0.15) is 11.5 Å². The van der Waals surface area contributed by atoms with Crippen molar-refractivity contribution in [2.75, 3.05) is 0 Å². The molecule has 2 rings (SSSR count). The van der Waals surface area contributed by atoms with E-state index in [0.29, 0.717) is 11.5 Å². The van der Waals surface area contributed by atoms with Gasteiger partial charge in [0.25, 0.3) is 0 Å². The first-order valence-corrected chi connectivity index (χ1v) is 11.0. The lowest BCUT2D eigenvalue weighted by Crippen LogP contribution is -2.13. The Morgan fingerprint density at radius 1 is 0.600 bits per heavy atom. The third-order valence-corrected chi connectivity index (χ3v) is 8.12. The molecule has 0 saturated carbocycles. The summed E-state index contributed by atoms with van der Waals surface area (Å²) in [6.07, 6.45) is 0. The zero-order chi connectivity index (χ0) is 18.8. The van der Waals surface area contributed by atoms with E-state index in [4.69, 9.17) is 4.74 Å². The van der Waals surface area contributed by atoms with E-state index in [-0.39, 0.29) is 9.79 Å². The predicted molar refractivity (Wildman–Crippen MR) is 97.6 cm³/mol. The van der Waals surface area contributed by atoms with Crippen LogP contribution in [0.1, 0.15) is 27.7 Å². The minimum atomic E-state index is -3.32. The Morgan fingerprint density at radius 2 is 0.880 bits per heavy atom. The van der Waals surface area contributed by atoms with Crippen molar-refractivity contribution in [1.82, 2.24) is 0 Å². The minimum Gasteiger partial charge on any atom is -0.457 e. The first-order valence-electron chi connectivity index (χ1n) is 7.91. The third-order valence-electron chi connectivity index (χ3n) is 3.78. The van der Waals surface area contributed by atoms with Crippen LogP contribution in [0.3, 0.4) is 0 Å².